The number of ether oxygens (including phenoxy) is 1. The molecule has 11 rings (SSSR count). The maximum atomic E-state index is 6.71. The summed E-state index contributed by atoms with van der Waals surface area (Å²) in [5.74, 6) is 0.619. The molecule has 0 fully saturated rings. The van der Waals surface area contributed by atoms with Gasteiger partial charge in [-0.25, -0.2) is 0 Å². The molecule has 0 bridgehead atoms. The Bertz CT molecular complexity index is 3170. The van der Waals surface area contributed by atoms with E-state index < -0.39 is 0 Å². The van der Waals surface area contributed by atoms with Crippen molar-refractivity contribution >= 4 is 76.4 Å². The van der Waals surface area contributed by atoms with E-state index >= 15 is 0 Å². The molecule has 0 saturated heterocycles. The van der Waals surface area contributed by atoms with E-state index in [1.54, 1.807) is 22.7 Å². The molecular formula is C54H38N3OPtS2-3. The fourth-order valence-corrected chi connectivity index (χ4v) is 10.1. The van der Waals surface area contributed by atoms with Crippen molar-refractivity contribution < 1.29 is 25.8 Å². The number of anilines is 4. The Morgan fingerprint density at radius 2 is 1.33 bits per heavy atom. The molecule has 0 radical (unpaired) electrons. The van der Waals surface area contributed by atoms with Gasteiger partial charge in [0, 0.05) is 71.6 Å². The molecule has 3 aromatic heterocycles. The summed E-state index contributed by atoms with van der Waals surface area (Å²) in [5, 5.41) is 7.45. The SMILES string of the molecule is CC(C)(C)c1ccnc(-c2c3[c-]c(Oc4[c-]c(N5[CH-]N(c6c(-c7ccccc7)cccc6-c6ccccc6)c6ccccc65)ccc4)sc3cc3cc4ccsc4cc23)c1.[Pt]. The van der Waals surface area contributed by atoms with Crippen molar-refractivity contribution in [2.75, 3.05) is 9.80 Å². The fraction of sp³-hybridized carbons (Fsp3) is 0.0741. The molecule has 0 spiro atoms. The first-order chi connectivity index (χ1) is 29.4. The molecule has 1 aliphatic heterocycles. The molecule has 61 heavy (non-hydrogen) atoms. The number of rotatable bonds is 7. The third kappa shape index (κ3) is 7.13. The van der Waals surface area contributed by atoms with Crippen molar-refractivity contribution in [1.29, 1.82) is 0 Å². The van der Waals surface area contributed by atoms with Crippen molar-refractivity contribution in [1.82, 2.24) is 4.98 Å². The predicted molar refractivity (Wildman–Crippen MR) is 253 cm³/mol. The van der Waals surface area contributed by atoms with Gasteiger partial charge in [0.15, 0.2) is 0 Å². The second kappa shape index (κ2) is 15.8. The largest absolute Gasteiger partial charge is 0.493 e. The van der Waals surface area contributed by atoms with Gasteiger partial charge in [-0.15, -0.1) is 48.0 Å². The Labute approximate surface area is 378 Å². The molecule has 0 amide bonds. The molecule has 1 aliphatic rings. The van der Waals surface area contributed by atoms with Gasteiger partial charge in [0.2, 0.25) is 0 Å². The van der Waals surface area contributed by atoms with Gasteiger partial charge in [-0.05, 0) is 80.7 Å². The van der Waals surface area contributed by atoms with Crippen LogP contribution in [0.2, 0.25) is 0 Å². The number of aromatic nitrogens is 1. The first-order valence-corrected chi connectivity index (χ1v) is 21.8. The van der Waals surface area contributed by atoms with E-state index in [-0.39, 0.29) is 26.5 Å². The Morgan fingerprint density at radius 3 is 2.05 bits per heavy atom. The zero-order chi connectivity index (χ0) is 40.4. The summed E-state index contributed by atoms with van der Waals surface area (Å²) < 4.78 is 9.07. The van der Waals surface area contributed by atoms with Crippen molar-refractivity contribution in [3.63, 3.8) is 0 Å². The van der Waals surface area contributed by atoms with E-state index in [2.05, 4.69) is 200 Å². The van der Waals surface area contributed by atoms with E-state index in [1.165, 1.54) is 26.4 Å². The van der Waals surface area contributed by atoms with E-state index in [9.17, 15) is 0 Å². The summed E-state index contributed by atoms with van der Waals surface area (Å²) in [6.45, 7) is 8.92. The average Bonchev–Trinajstić information content (AvgIpc) is 4.02. The van der Waals surface area contributed by atoms with E-state index in [4.69, 9.17) is 9.72 Å². The van der Waals surface area contributed by atoms with Crippen LogP contribution in [0.1, 0.15) is 26.3 Å². The van der Waals surface area contributed by atoms with Gasteiger partial charge in [0.1, 0.15) is 5.06 Å². The monoisotopic (exact) mass is 1000 g/mol. The Hall–Kier alpha value is -6.04. The number of nitrogens with zero attached hydrogens (tertiary/aromatic N) is 3. The molecule has 0 saturated carbocycles. The Kier molecular flexibility index (Phi) is 10.1. The second-order valence-corrected chi connectivity index (χ2v) is 18.1. The first kappa shape index (κ1) is 39.1. The van der Waals surface area contributed by atoms with E-state index in [0.29, 0.717) is 10.8 Å². The third-order valence-electron chi connectivity index (χ3n) is 11.3. The van der Waals surface area contributed by atoms with Crippen LogP contribution in [-0.2, 0) is 26.5 Å². The summed E-state index contributed by atoms with van der Waals surface area (Å²) in [4.78, 5) is 9.49. The van der Waals surface area contributed by atoms with E-state index in [1.807, 2.05) is 18.3 Å². The summed E-state index contributed by atoms with van der Waals surface area (Å²) in [7, 11) is 0. The van der Waals surface area contributed by atoms with E-state index in [0.717, 1.165) is 66.3 Å². The zero-order valence-corrected chi connectivity index (χ0v) is 37.5. The number of hydrogen-bond acceptors (Lipinski definition) is 6. The van der Waals surface area contributed by atoms with Gasteiger partial charge in [-0.3, -0.25) is 4.98 Å². The number of benzene rings is 7. The molecule has 4 nitrogen and oxygen atoms in total. The van der Waals surface area contributed by atoms with Crippen LogP contribution in [0, 0.1) is 18.8 Å². The van der Waals surface area contributed by atoms with Crippen LogP contribution in [0.15, 0.2) is 169 Å². The molecule has 0 atom stereocenters. The van der Waals surface area contributed by atoms with Crippen LogP contribution in [-0.4, -0.2) is 4.98 Å². The van der Waals surface area contributed by atoms with Gasteiger partial charge in [0.05, 0.1) is 0 Å². The molecule has 0 N–H and O–H groups in total. The maximum Gasteiger partial charge on any atom is 0.107 e. The van der Waals surface area contributed by atoms with Crippen LogP contribution in [0.4, 0.5) is 22.7 Å². The fourth-order valence-electron chi connectivity index (χ4n) is 8.33. The average molecular weight is 1000 g/mol. The van der Waals surface area contributed by atoms with Gasteiger partial charge in [-0.2, -0.15) is 22.8 Å². The molecule has 7 heteroatoms. The first-order valence-electron chi connectivity index (χ1n) is 20.1. The summed E-state index contributed by atoms with van der Waals surface area (Å²) in [6.07, 6.45) is 1.94. The summed E-state index contributed by atoms with van der Waals surface area (Å²) >= 11 is 3.37. The van der Waals surface area contributed by atoms with Crippen molar-refractivity contribution in [2.24, 2.45) is 0 Å². The van der Waals surface area contributed by atoms with Crippen LogP contribution in [0.5, 0.6) is 10.8 Å². The Balaban J connectivity index is 0.00000445. The normalized spacial score (nSPS) is 12.6. The van der Waals surface area contributed by atoms with Crippen molar-refractivity contribution in [3.8, 4) is 44.3 Å². The van der Waals surface area contributed by atoms with Crippen LogP contribution in [0.3, 0.4) is 0 Å². The van der Waals surface area contributed by atoms with Gasteiger partial charge in [0.25, 0.3) is 0 Å². The van der Waals surface area contributed by atoms with Gasteiger partial charge >= 0.3 is 0 Å². The zero-order valence-electron chi connectivity index (χ0n) is 33.6. The molecule has 300 valence electrons. The summed E-state index contributed by atoms with van der Waals surface area (Å²) in [6, 6.07) is 63.2. The van der Waals surface area contributed by atoms with Crippen LogP contribution >= 0.6 is 22.7 Å². The number of hydrogen-bond donors (Lipinski definition) is 0. The molecule has 0 aliphatic carbocycles. The smallest absolute Gasteiger partial charge is 0.107 e. The number of pyridine rings is 1. The van der Waals surface area contributed by atoms with Crippen molar-refractivity contribution in [2.45, 2.75) is 26.2 Å². The second-order valence-electron chi connectivity index (χ2n) is 16.1. The van der Waals surface area contributed by atoms with Crippen LogP contribution < -0.4 is 14.5 Å². The molecular weight excluding hydrogens is 966 g/mol. The molecule has 0 unspecified atom stereocenters. The number of thiophene rings is 2. The maximum absolute atomic E-state index is 6.71. The molecule has 4 heterocycles. The third-order valence-corrected chi connectivity index (χ3v) is 13.1. The standard InChI is InChI=1S/C54H38N3OS2.Pt/c1-54(2,3)39-24-26-55-46(30-39)52-44-32-49-37(25-27-59-49)28-38(44)29-50-45(52)33-51(60-50)58-41-19-12-18-40(31-41)56-34-57(48-23-11-10-22-47(48)56)53-42(35-14-6-4-7-15-35)20-13-21-43(53)36-16-8-5-9-17-36;/h4-30,32,34H,1-3H3;/q-3;. The molecule has 7 aromatic carbocycles. The van der Waals surface area contributed by atoms with Gasteiger partial charge < -0.3 is 14.5 Å². The minimum atomic E-state index is -0.0182. The molecule has 10 aromatic rings. The quantitative estimate of drug-likeness (QED) is 0.149. The van der Waals surface area contributed by atoms with Crippen LogP contribution in [0.25, 0.3) is 64.5 Å². The number of fused-ring (bicyclic) bond motifs is 4. The minimum absolute atomic E-state index is 0. The summed E-state index contributed by atoms with van der Waals surface area (Å²) in [5.41, 5.74) is 12.0. The van der Waals surface area contributed by atoms with Crippen molar-refractivity contribution in [3.05, 3.63) is 194 Å². The topological polar surface area (TPSA) is 28.6 Å². The predicted octanol–water partition coefficient (Wildman–Crippen LogP) is 15.8. The number of para-hydroxylation sites is 3. The van der Waals surface area contributed by atoms with Gasteiger partial charge in [-0.1, -0.05) is 133 Å². The Morgan fingerprint density at radius 1 is 0.639 bits per heavy atom. The minimum Gasteiger partial charge on any atom is -0.493 e.